The lowest BCUT2D eigenvalue weighted by molar-refractivity contribution is -0.133. The summed E-state index contributed by atoms with van der Waals surface area (Å²) in [5.74, 6) is -0.656. The molecule has 0 saturated heterocycles. The molecule has 1 fully saturated rings. The van der Waals surface area contributed by atoms with Crippen molar-refractivity contribution in [3.05, 3.63) is 48.6 Å². The highest BCUT2D eigenvalue weighted by Gasteiger charge is 2.35. The Balaban J connectivity index is 2.06. The highest BCUT2D eigenvalue weighted by molar-refractivity contribution is 5.82. The zero-order valence-electron chi connectivity index (χ0n) is 11.0. The summed E-state index contributed by atoms with van der Waals surface area (Å²) >= 11 is 0. The quantitative estimate of drug-likeness (QED) is 0.732. The Bertz CT molecular complexity index is 485. The van der Waals surface area contributed by atoms with Crippen LogP contribution >= 0.6 is 0 Å². The molecule has 1 unspecified atom stereocenters. The van der Waals surface area contributed by atoms with Crippen LogP contribution in [0.4, 0.5) is 0 Å². The van der Waals surface area contributed by atoms with Crippen molar-refractivity contribution in [1.82, 2.24) is 4.90 Å². The molecule has 19 heavy (non-hydrogen) atoms. The molecule has 1 aromatic rings. The van der Waals surface area contributed by atoms with Gasteiger partial charge in [0.25, 0.3) is 0 Å². The molecule has 3 heteroatoms. The molecule has 0 N–H and O–H groups in total. The van der Waals surface area contributed by atoms with Crippen LogP contribution < -0.4 is 0 Å². The van der Waals surface area contributed by atoms with Gasteiger partial charge in [-0.15, -0.1) is 6.58 Å². The van der Waals surface area contributed by atoms with Crippen molar-refractivity contribution in [3.8, 4) is 6.07 Å². The minimum absolute atomic E-state index is 0.0613. The molecule has 0 spiro atoms. The summed E-state index contributed by atoms with van der Waals surface area (Å²) in [5.41, 5.74) is 1.02. The van der Waals surface area contributed by atoms with Gasteiger partial charge in [-0.25, -0.2) is 0 Å². The number of rotatable bonds is 6. The number of amides is 1. The monoisotopic (exact) mass is 254 g/mol. The Morgan fingerprint density at radius 1 is 1.47 bits per heavy atom. The molecule has 0 bridgehead atoms. The Morgan fingerprint density at radius 3 is 2.68 bits per heavy atom. The van der Waals surface area contributed by atoms with E-state index in [4.69, 9.17) is 0 Å². The van der Waals surface area contributed by atoms with Gasteiger partial charge in [0.1, 0.15) is 5.92 Å². The fourth-order valence-corrected chi connectivity index (χ4v) is 2.18. The van der Waals surface area contributed by atoms with Gasteiger partial charge in [0.05, 0.1) is 6.07 Å². The highest BCUT2D eigenvalue weighted by Crippen LogP contribution is 2.28. The van der Waals surface area contributed by atoms with E-state index >= 15 is 0 Å². The molecule has 1 amide bonds. The molecule has 1 atom stereocenters. The highest BCUT2D eigenvalue weighted by atomic mass is 16.2. The van der Waals surface area contributed by atoms with Crippen molar-refractivity contribution in [2.75, 3.05) is 6.54 Å². The molecule has 0 heterocycles. The minimum Gasteiger partial charge on any atom is -0.335 e. The number of benzene rings is 1. The number of nitriles is 1. The first-order valence-corrected chi connectivity index (χ1v) is 6.61. The van der Waals surface area contributed by atoms with E-state index in [9.17, 15) is 10.1 Å². The van der Waals surface area contributed by atoms with Crippen LogP contribution in [0, 0.1) is 17.2 Å². The van der Waals surface area contributed by atoms with E-state index in [1.165, 1.54) is 0 Å². The van der Waals surface area contributed by atoms with E-state index in [0.29, 0.717) is 19.0 Å². The van der Waals surface area contributed by atoms with Gasteiger partial charge in [-0.2, -0.15) is 5.26 Å². The van der Waals surface area contributed by atoms with Crippen molar-refractivity contribution in [1.29, 1.82) is 5.26 Å². The van der Waals surface area contributed by atoms with Crippen LogP contribution in [0.25, 0.3) is 0 Å². The van der Waals surface area contributed by atoms with Gasteiger partial charge in [0.2, 0.25) is 5.91 Å². The number of carbonyl (C=O) groups excluding carboxylic acids is 1. The summed E-state index contributed by atoms with van der Waals surface area (Å²) in [7, 11) is 0. The molecule has 0 aromatic heterocycles. The fraction of sp³-hybridized carbons (Fsp3) is 0.375. The SMILES string of the molecule is C=CCN(C(=O)C(C#N)Cc1ccccc1)C1CC1. The number of hydrogen-bond acceptors (Lipinski definition) is 2. The molecule has 3 nitrogen and oxygen atoms in total. The van der Waals surface area contributed by atoms with E-state index < -0.39 is 5.92 Å². The van der Waals surface area contributed by atoms with Gasteiger partial charge >= 0.3 is 0 Å². The normalized spacial score (nSPS) is 15.3. The second-order valence-corrected chi connectivity index (χ2v) is 4.88. The summed E-state index contributed by atoms with van der Waals surface area (Å²) in [4.78, 5) is 14.2. The first kappa shape index (κ1) is 13.4. The van der Waals surface area contributed by atoms with Crippen molar-refractivity contribution in [2.45, 2.75) is 25.3 Å². The first-order chi connectivity index (χ1) is 9.26. The largest absolute Gasteiger partial charge is 0.335 e. The van der Waals surface area contributed by atoms with Gasteiger partial charge in [0, 0.05) is 12.6 Å². The van der Waals surface area contributed by atoms with Crippen molar-refractivity contribution >= 4 is 5.91 Å². The molecule has 1 aromatic carbocycles. The van der Waals surface area contributed by atoms with Crippen LogP contribution in [-0.2, 0) is 11.2 Å². The molecule has 98 valence electrons. The van der Waals surface area contributed by atoms with Gasteiger partial charge < -0.3 is 4.90 Å². The summed E-state index contributed by atoms with van der Waals surface area (Å²) in [6.07, 6.45) is 4.30. The lowest BCUT2D eigenvalue weighted by Crippen LogP contribution is -2.38. The van der Waals surface area contributed by atoms with Crippen LogP contribution in [-0.4, -0.2) is 23.4 Å². The third-order valence-corrected chi connectivity index (χ3v) is 3.33. The molecule has 1 saturated carbocycles. The predicted octanol–water partition coefficient (Wildman–Crippen LogP) is 2.55. The molecular formula is C16H18N2O. The van der Waals surface area contributed by atoms with Gasteiger partial charge in [-0.05, 0) is 24.8 Å². The maximum absolute atomic E-state index is 12.4. The van der Waals surface area contributed by atoms with Gasteiger partial charge in [-0.1, -0.05) is 36.4 Å². The van der Waals surface area contributed by atoms with E-state index in [0.717, 1.165) is 18.4 Å². The average Bonchev–Trinajstić information content (AvgIpc) is 3.27. The first-order valence-electron chi connectivity index (χ1n) is 6.61. The zero-order valence-corrected chi connectivity index (χ0v) is 11.0. The fourth-order valence-electron chi connectivity index (χ4n) is 2.18. The van der Waals surface area contributed by atoms with Crippen molar-refractivity contribution in [3.63, 3.8) is 0 Å². The number of carbonyl (C=O) groups is 1. The van der Waals surface area contributed by atoms with Gasteiger partial charge in [0.15, 0.2) is 0 Å². The van der Waals surface area contributed by atoms with Crippen molar-refractivity contribution < 1.29 is 4.79 Å². The summed E-state index contributed by atoms with van der Waals surface area (Å²) < 4.78 is 0. The lowest BCUT2D eigenvalue weighted by atomic mass is 9.99. The van der Waals surface area contributed by atoms with Crippen LogP contribution in [0.1, 0.15) is 18.4 Å². The Labute approximate surface area is 114 Å². The summed E-state index contributed by atoms with van der Waals surface area (Å²) in [5, 5.41) is 9.25. The molecule has 1 aliphatic carbocycles. The standard InChI is InChI=1S/C16H18N2O/c1-2-10-18(15-8-9-15)16(19)14(12-17)11-13-6-4-3-5-7-13/h2-7,14-15H,1,8-11H2. The Morgan fingerprint density at radius 2 is 2.16 bits per heavy atom. The number of nitrogens with zero attached hydrogens (tertiary/aromatic N) is 2. The Kier molecular flexibility index (Phi) is 4.35. The molecule has 2 rings (SSSR count). The molecule has 1 aliphatic rings. The third kappa shape index (κ3) is 3.45. The Hall–Kier alpha value is -2.08. The maximum atomic E-state index is 12.4. The lowest BCUT2D eigenvalue weighted by Gasteiger charge is -2.23. The van der Waals surface area contributed by atoms with E-state index in [1.54, 1.807) is 11.0 Å². The van der Waals surface area contributed by atoms with Crippen LogP contribution in [0.15, 0.2) is 43.0 Å². The van der Waals surface area contributed by atoms with Crippen LogP contribution in [0.5, 0.6) is 0 Å². The zero-order chi connectivity index (χ0) is 13.7. The van der Waals surface area contributed by atoms with E-state index in [1.807, 2.05) is 30.3 Å². The third-order valence-electron chi connectivity index (χ3n) is 3.33. The molecular weight excluding hydrogens is 236 g/mol. The van der Waals surface area contributed by atoms with Crippen molar-refractivity contribution in [2.24, 2.45) is 5.92 Å². The molecule has 0 aliphatic heterocycles. The number of hydrogen-bond donors (Lipinski definition) is 0. The second kappa shape index (κ2) is 6.19. The van der Waals surface area contributed by atoms with Gasteiger partial charge in [-0.3, -0.25) is 4.79 Å². The average molecular weight is 254 g/mol. The summed E-state index contributed by atoms with van der Waals surface area (Å²) in [6, 6.07) is 12.2. The van der Waals surface area contributed by atoms with Crippen LogP contribution in [0.2, 0.25) is 0 Å². The van der Waals surface area contributed by atoms with E-state index in [-0.39, 0.29) is 5.91 Å². The van der Waals surface area contributed by atoms with Crippen LogP contribution in [0.3, 0.4) is 0 Å². The maximum Gasteiger partial charge on any atom is 0.240 e. The van der Waals surface area contributed by atoms with E-state index in [2.05, 4.69) is 12.6 Å². The smallest absolute Gasteiger partial charge is 0.240 e. The predicted molar refractivity (Wildman–Crippen MR) is 74.2 cm³/mol. The minimum atomic E-state index is -0.594. The topological polar surface area (TPSA) is 44.1 Å². The molecule has 0 radical (unpaired) electrons. The summed E-state index contributed by atoms with van der Waals surface area (Å²) in [6.45, 7) is 4.22. The second-order valence-electron chi connectivity index (χ2n) is 4.88.